The molecule has 1 atom stereocenters. The molecule has 0 aliphatic heterocycles. The molecule has 0 spiro atoms. The van der Waals surface area contributed by atoms with Crippen LogP contribution in [0.1, 0.15) is 115 Å². The highest BCUT2D eigenvalue weighted by Gasteiger charge is 2.37. The van der Waals surface area contributed by atoms with Crippen molar-refractivity contribution in [3.8, 4) is 0 Å². The van der Waals surface area contributed by atoms with E-state index in [1.54, 1.807) is 0 Å². The van der Waals surface area contributed by atoms with Gasteiger partial charge < -0.3 is 10.4 Å². The number of nitrogens with one attached hydrogen (secondary N) is 1. The van der Waals surface area contributed by atoms with Crippen molar-refractivity contribution in [2.45, 2.75) is 121 Å². The van der Waals surface area contributed by atoms with Gasteiger partial charge in [-0.2, -0.15) is 0 Å². The maximum atomic E-state index is 13.5. The molecule has 36 heavy (non-hydrogen) atoms. The van der Waals surface area contributed by atoms with E-state index in [1.165, 1.54) is 61.6 Å². The van der Waals surface area contributed by atoms with E-state index in [1.807, 2.05) is 0 Å². The fourth-order valence-corrected chi connectivity index (χ4v) is 6.68. The van der Waals surface area contributed by atoms with Crippen molar-refractivity contribution in [1.29, 1.82) is 0 Å². The average molecular weight is 490 g/mol. The van der Waals surface area contributed by atoms with E-state index in [0.717, 1.165) is 37.8 Å². The number of aliphatic hydroxyl groups is 1. The van der Waals surface area contributed by atoms with Crippen LogP contribution >= 0.6 is 0 Å². The maximum Gasteiger partial charge on any atom is 0.225 e. The lowest BCUT2D eigenvalue weighted by Gasteiger charge is -2.30. The zero-order valence-corrected chi connectivity index (χ0v) is 22.8. The molecule has 4 rings (SSSR count). The molecule has 2 fully saturated rings. The number of carbonyl (C=O) groups excluding carboxylic acids is 1. The number of hydrogen-bond donors (Lipinski definition) is 2. The van der Waals surface area contributed by atoms with Crippen LogP contribution in [0, 0.1) is 5.92 Å². The molecule has 3 nitrogen and oxygen atoms in total. The number of carbonyl (C=O) groups is 1. The van der Waals surface area contributed by atoms with E-state index in [-0.39, 0.29) is 22.8 Å². The number of anilines is 1. The molecule has 2 aliphatic carbocycles. The topological polar surface area (TPSA) is 49.3 Å². The van der Waals surface area contributed by atoms with Gasteiger partial charge in [0, 0.05) is 17.5 Å². The zero-order valence-electron chi connectivity index (χ0n) is 22.8. The van der Waals surface area contributed by atoms with E-state index in [2.05, 4.69) is 74.6 Å². The van der Waals surface area contributed by atoms with Gasteiger partial charge >= 0.3 is 0 Å². The quantitative estimate of drug-likeness (QED) is 0.374. The Bertz CT molecular complexity index is 978. The van der Waals surface area contributed by atoms with Gasteiger partial charge in [-0.05, 0) is 66.2 Å². The number of rotatable bonds is 9. The van der Waals surface area contributed by atoms with Gasteiger partial charge in [0.2, 0.25) is 5.91 Å². The highest BCUT2D eigenvalue weighted by molar-refractivity contribution is 5.92. The third-order valence-corrected chi connectivity index (χ3v) is 8.71. The van der Waals surface area contributed by atoms with E-state index in [9.17, 15) is 9.90 Å². The van der Waals surface area contributed by atoms with Crippen LogP contribution in [-0.4, -0.2) is 17.1 Å². The monoisotopic (exact) mass is 489 g/mol. The summed E-state index contributed by atoms with van der Waals surface area (Å²) in [6.07, 6.45) is 13.9. The van der Waals surface area contributed by atoms with E-state index < -0.39 is 0 Å². The van der Waals surface area contributed by atoms with Crippen molar-refractivity contribution in [3.63, 3.8) is 0 Å². The Morgan fingerprint density at radius 2 is 1.69 bits per heavy atom. The first kappa shape index (κ1) is 26.9. The molecular weight excluding hydrogens is 442 g/mol. The Hall–Kier alpha value is -2.13. The third-order valence-electron chi connectivity index (χ3n) is 8.71. The summed E-state index contributed by atoms with van der Waals surface area (Å²) in [5.41, 5.74) is 4.49. The molecule has 2 N–H and O–H groups in total. The van der Waals surface area contributed by atoms with Gasteiger partial charge in [-0.15, -0.1) is 0 Å². The second kappa shape index (κ2) is 11.9. The number of aryl methyl sites for hydroxylation is 1. The highest BCUT2D eigenvalue weighted by atomic mass is 16.3. The Kier molecular flexibility index (Phi) is 8.93. The predicted molar refractivity (Wildman–Crippen MR) is 150 cm³/mol. The summed E-state index contributed by atoms with van der Waals surface area (Å²) in [6.45, 7) is 6.61. The molecule has 2 aromatic rings. The molecule has 196 valence electrons. The van der Waals surface area contributed by atoms with Crippen molar-refractivity contribution >= 4 is 11.6 Å². The van der Waals surface area contributed by atoms with Gasteiger partial charge in [-0.3, -0.25) is 4.79 Å². The predicted octanol–water partition coefficient (Wildman–Crippen LogP) is 8.09. The molecular formula is C33H47NO2. The van der Waals surface area contributed by atoms with Crippen LogP contribution in [0.3, 0.4) is 0 Å². The first-order chi connectivity index (χ1) is 17.2. The second-order valence-electron chi connectivity index (χ2n) is 12.6. The van der Waals surface area contributed by atoms with E-state index in [0.29, 0.717) is 12.3 Å². The zero-order chi connectivity index (χ0) is 25.6. The minimum absolute atomic E-state index is 0.0475. The van der Waals surface area contributed by atoms with Gasteiger partial charge in [-0.1, -0.05) is 108 Å². The van der Waals surface area contributed by atoms with Gasteiger partial charge in [0.05, 0.1) is 6.10 Å². The van der Waals surface area contributed by atoms with E-state index >= 15 is 0 Å². The van der Waals surface area contributed by atoms with Crippen LogP contribution in [0.25, 0.3) is 0 Å². The average Bonchev–Trinajstić information content (AvgIpc) is 3.33. The van der Waals surface area contributed by atoms with Crippen molar-refractivity contribution in [3.05, 3.63) is 65.2 Å². The molecule has 0 saturated heterocycles. The van der Waals surface area contributed by atoms with Gasteiger partial charge in [0.1, 0.15) is 0 Å². The number of aliphatic hydroxyl groups excluding tert-OH is 1. The SMILES string of the molecule is CC(C)(C)c1ccc(CCC(O)CC2CCCCC2)cc1NC(=O)CC1(c2ccccc2)CCCC1. The Balaban J connectivity index is 1.44. The van der Waals surface area contributed by atoms with Crippen molar-refractivity contribution < 1.29 is 9.90 Å². The van der Waals surface area contributed by atoms with Gasteiger partial charge in [0.25, 0.3) is 0 Å². The first-order valence-corrected chi connectivity index (χ1v) is 14.4. The van der Waals surface area contributed by atoms with Gasteiger partial charge in [-0.25, -0.2) is 0 Å². The van der Waals surface area contributed by atoms with Crippen LogP contribution in [0.4, 0.5) is 5.69 Å². The summed E-state index contributed by atoms with van der Waals surface area (Å²) < 4.78 is 0. The number of benzene rings is 2. The minimum Gasteiger partial charge on any atom is -0.393 e. The van der Waals surface area contributed by atoms with Crippen LogP contribution in [-0.2, 0) is 22.0 Å². The molecule has 0 heterocycles. The summed E-state index contributed by atoms with van der Waals surface area (Å²) in [4.78, 5) is 13.5. The largest absolute Gasteiger partial charge is 0.393 e. The third kappa shape index (κ3) is 7.00. The van der Waals surface area contributed by atoms with Crippen LogP contribution in [0.15, 0.2) is 48.5 Å². The minimum atomic E-state index is -0.235. The van der Waals surface area contributed by atoms with E-state index in [4.69, 9.17) is 0 Å². The van der Waals surface area contributed by atoms with Crippen molar-refractivity contribution in [2.24, 2.45) is 5.92 Å². The lowest BCUT2D eigenvalue weighted by Crippen LogP contribution is -2.29. The molecule has 0 radical (unpaired) electrons. The standard InChI is InChI=1S/C33H47NO2/c1-32(2,3)29-19-17-26(16-18-28(35)22-25-12-6-4-7-13-25)23-30(29)34-31(36)24-33(20-10-11-21-33)27-14-8-5-9-15-27/h5,8-9,14-15,17,19,23,25,28,35H,4,6-7,10-13,16,18,20-22,24H2,1-3H3,(H,34,36). The van der Waals surface area contributed by atoms with Crippen molar-refractivity contribution in [1.82, 2.24) is 0 Å². The number of hydrogen-bond acceptors (Lipinski definition) is 2. The normalized spacial score (nSPS) is 19.2. The lowest BCUT2D eigenvalue weighted by molar-refractivity contribution is -0.117. The fourth-order valence-electron chi connectivity index (χ4n) is 6.68. The summed E-state index contributed by atoms with van der Waals surface area (Å²) in [5.74, 6) is 0.806. The van der Waals surface area contributed by atoms with Crippen LogP contribution < -0.4 is 5.32 Å². The second-order valence-corrected chi connectivity index (χ2v) is 12.6. The summed E-state index contributed by atoms with van der Waals surface area (Å²) >= 11 is 0. The lowest BCUT2D eigenvalue weighted by atomic mass is 9.76. The summed E-state index contributed by atoms with van der Waals surface area (Å²) in [6, 6.07) is 17.2. The molecule has 3 heteroatoms. The van der Waals surface area contributed by atoms with Crippen LogP contribution in [0.5, 0.6) is 0 Å². The number of amides is 1. The van der Waals surface area contributed by atoms with Crippen LogP contribution in [0.2, 0.25) is 0 Å². The maximum absolute atomic E-state index is 13.5. The molecule has 1 unspecified atom stereocenters. The Morgan fingerprint density at radius 3 is 2.36 bits per heavy atom. The summed E-state index contributed by atoms with van der Waals surface area (Å²) in [7, 11) is 0. The van der Waals surface area contributed by atoms with Crippen molar-refractivity contribution in [2.75, 3.05) is 5.32 Å². The fraction of sp³-hybridized carbons (Fsp3) is 0.606. The summed E-state index contributed by atoms with van der Waals surface area (Å²) in [5, 5.41) is 14.0. The molecule has 2 aromatic carbocycles. The molecule has 1 amide bonds. The Labute approximate surface area is 219 Å². The Morgan fingerprint density at radius 1 is 1.00 bits per heavy atom. The highest BCUT2D eigenvalue weighted by Crippen LogP contribution is 2.44. The molecule has 2 saturated carbocycles. The molecule has 2 aliphatic rings. The van der Waals surface area contributed by atoms with Gasteiger partial charge in [0.15, 0.2) is 0 Å². The first-order valence-electron chi connectivity index (χ1n) is 14.4. The smallest absolute Gasteiger partial charge is 0.225 e. The molecule has 0 aromatic heterocycles. The molecule has 0 bridgehead atoms.